The topological polar surface area (TPSA) is 52.3 Å². The normalized spacial score (nSPS) is 10.4. The van der Waals surface area contributed by atoms with Gasteiger partial charge in [0.05, 0.1) is 0 Å². The molecule has 3 aromatic carbocycles. The van der Waals surface area contributed by atoms with Gasteiger partial charge in [0.2, 0.25) is 5.91 Å². The van der Waals surface area contributed by atoms with E-state index in [9.17, 15) is 4.79 Å². The van der Waals surface area contributed by atoms with Crippen LogP contribution in [0.1, 0.15) is 15.9 Å². The van der Waals surface area contributed by atoms with E-state index in [4.69, 9.17) is 10.5 Å². The lowest BCUT2D eigenvalue weighted by Crippen LogP contribution is -2.10. The number of amides is 1. The Labute approximate surface area is 149 Å². The number of halogens is 1. The molecule has 0 aliphatic carbocycles. The summed E-state index contributed by atoms with van der Waals surface area (Å²) < 4.78 is 6.67. The van der Waals surface area contributed by atoms with Gasteiger partial charge < -0.3 is 10.5 Å². The molecule has 0 aliphatic rings. The summed E-state index contributed by atoms with van der Waals surface area (Å²) in [6.45, 7) is 0.509. The van der Waals surface area contributed by atoms with E-state index in [1.54, 1.807) is 12.1 Å². The molecule has 0 saturated heterocycles. The molecule has 0 aromatic heterocycles. The molecule has 2 N–H and O–H groups in total. The molecule has 0 fully saturated rings. The van der Waals surface area contributed by atoms with Gasteiger partial charge in [-0.15, -0.1) is 0 Å². The minimum Gasteiger partial charge on any atom is -0.489 e. The van der Waals surface area contributed by atoms with Crippen LogP contribution < -0.4 is 10.5 Å². The van der Waals surface area contributed by atoms with Gasteiger partial charge in [-0.25, -0.2) is 0 Å². The van der Waals surface area contributed by atoms with Crippen LogP contribution in [0.2, 0.25) is 0 Å². The highest BCUT2D eigenvalue weighted by Crippen LogP contribution is 2.28. The molecule has 0 bridgehead atoms. The van der Waals surface area contributed by atoms with Gasteiger partial charge in [-0.3, -0.25) is 4.79 Å². The largest absolute Gasteiger partial charge is 0.489 e. The zero-order valence-electron chi connectivity index (χ0n) is 12.9. The van der Waals surface area contributed by atoms with Crippen LogP contribution in [0.15, 0.2) is 77.3 Å². The van der Waals surface area contributed by atoms with Crippen molar-refractivity contribution in [3.63, 3.8) is 0 Å². The van der Waals surface area contributed by atoms with Crippen molar-refractivity contribution in [2.75, 3.05) is 0 Å². The number of benzene rings is 3. The van der Waals surface area contributed by atoms with Crippen LogP contribution in [-0.4, -0.2) is 5.91 Å². The van der Waals surface area contributed by atoms with Crippen molar-refractivity contribution in [3.05, 3.63) is 88.4 Å². The summed E-state index contributed by atoms with van der Waals surface area (Å²) in [6.07, 6.45) is 0. The fourth-order valence-electron chi connectivity index (χ4n) is 2.40. The first-order valence-corrected chi connectivity index (χ1v) is 8.29. The van der Waals surface area contributed by atoms with Gasteiger partial charge in [-0.2, -0.15) is 0 Å². The second kappa shape index (κ2) is 7.32. The third kappa shape index (κ3) is 4.03. The average Bonchev–Trinajstić information content (AvgIpc) is 2.60. The van der Waals surface area contributed by atoms with Gasteiger partial charge in [0.25, 0.3) is 0 Å². The molecule has 1 amide bonds. The highest BCUT2D eigenvalue weighted by molar-refractivity contribution is 9.10. The Kier molecular flexibility index (Phi) is 4.96. The Morgan fingerprint density at radius 3 is 2.46 bits per heavy atom. The average molecular weight is 382 g/mol. The molecular weight excluding hydrogens is 366 g/mol. The predicted octanol–water partition coefficient (Wildman–Crippen LogP) is 4.79. The van der Waals surface area contributed by atoms with Crippen LogP contribution >= 0.6 is 15.9 Å². The minimum absolute atomic E-state index is 0.450. The third-order valence-electron chi connectivity index (χ3n) is 3.60. The van der Waals surface area contributed by atoms with E-state index in [0.29, 0.717) is 12.2 Å². The molecule has 3 rings (SSSR count). The molecule has 0 unspecified atom stereocenters. The number of nitrogens with two attached hydrogens (primary N) is 1. The molecule has 4 heteroatoms. The number of hydrogen-bond donors (Lipinski definition) is 1. The summed E-state index contributed by atoms with van der Waals surface area (Å²) in [5.41, 5.74) is 8.84. The molecule has 0 radical (unpaired) electrons. The second-order valence-corrected chi connectivity index (χ2v) is 6.31. The zero-order valence-corrected chi connectivity index (χ0v) is 14.5. The minimum atomic E-state index is -0.450. The number of primary amides is 1. The highest BCUT2D eigenvalue weighted by atomic mass is 79.9. The fourth-order valence-corrected chi connectivity index (χ4v) is 2.90. The Hall–Kier alpha value is -2.59. The number of carbonyl (C=O) groups is 1. The monoisotopic (exact) mass is 381 g/mol. The molecular formula is C20H16BrNO2. The molecule has 0 atom stereocenters. The summed E-state index contributed by atoms with van der Waals surface area (Å²) in [6, 6.07) is 23.2. The van der Waals surface area contributed by atoms with E-state index in [0.717, 1.165) is 26.9 Å². The second-order valence-electron chi connectivity index (χ2n) is 5.39. The first-order valence-electron chi connectivity index (χ1n) is 7.49. The molecule has 0 spiro atoms. The zero-order chi connectivity index (χ0) is 16.9. The van der Waals surface area contributed by atoms with E-state index >= 15 is 0 Å². The third-order valence-corrected chi connectivity index (χ3v) is 4.06. The van der Waals surface area contributed by atoms with Crippen LogP contribution in [0.25, 0.3) is 11.1 Å². The number of carbonyl (C=O) groups excluding carboxylic acids is 1. The number of rotatable bonds is 5. The summed E-state index contributed by atoms with van der Waals surface area (Å²) in [4.78, 5) is 11.4. The maximum atomic E-state index is 11.4. The van der Waals surface area contributed by atoms with Gasteiger partial charge in [0.15, 0.2) is 0 Å². The lowest BCUT2D eigenvalue weighted by molar-refractivity contribution is 0.100. The first kappa shape index (κ1) is 16.3. The molecule has 0 aliphatic heterocycles. The van der Waals surface area contributed by atoms with Gasteiger partial charge in [-0.05, 0) is 47.0 Å². The predicted molar refractivity (Wildman–Crippen MR) is 98.9 cm³/mol. The van der Waals surface area contributed by atoms with Crippen molar-refractivity contribution in [1.29, 1.82) is 0 Å². The van der Waals surface area contributed by atoms with E-state index in [2.05, 4.69) is 15.9 Å². The lowest BCUT2D eigenvalue weighted by Gasteiger charge is -2.09. The maximum absolute atomic E-state index is 11.4. The molecule has 3 aromatic rings. The molecule has 3 nitrogen and oxygen atoms in total. The van der Waals surface area contributed by atoms with Gasteiger partial charge in [-0.1, -0.05) is 58.4 Å². The summed E-state index contributed by atoms with van der Waals surface area (Å²) in [7, 11) is 0. The number of hydrogen-bond acceptors (Lipinski definition) is 2. The van der Waals surface area contributed by atoms with Gasteiger partial charge >= 0.3 is 0 Å². The van der Waals surface area contributed by atoms with Crippen molar-refractivity contribution in [2.45, 2.75) is 6.61 Å². The van der Waals surface area contributed by atoms with Crippen molar-refractivity contribution >= 4 is 21.8 Å². The highest BCUT2D eigenvalue weighted by Gasteiger charge is 2.07. The van der Waals surface area contributed by atoms with Crippen LogP contribution in [-0.2, 0) is 6.61 Å². The fraction of sp³-hybridized carbons (Fsp3) is 0.0500. The van der Waals surface area contributed by atoms with E-state index in [-0.39, 0.29) is 0 Å². The van der Waals surface area contributed by atoms with Crippen LogP contribution in [0, 0.1) is 0 Å². The van der Waals surface area contributed by atoms with Gasteiger partial charge in [0, 0.05) is 10.0 Å². The Bertz CT molecular complexity index is 863. The van der Waals surface area contributed by atoms with Crippen LogP contribution in [0.4, 0.5) is 0 Å². The molecule has 0 heterocycles. The Morgan fingerprint density at radius 1 is 0.917 bits per heavy atom. The summed E-state index contributed by atoms with van der Waals surface area (Å²) >= 11 is 3.42. The standard InChI is InChI=1S/C20H16BrNO2/c21-18-10-16(9-17(11-18)20(22)23)15-7-4-8-19(12-15)24-13-14-5-2-1-3-6-14/h1-12H,13H2,(H2,22,23). The Balaban J connectivity index is 1.84. The molecule has 0 saturated carbocycles. The molecule has 120 valence electrons. The van der Waals surface area contributed by atoms with E-state index in [1.807, 2.05) is 60.7 Å². The van der Waals surface area contributed by atoms with Crippen molar-refractivity contribution in [1.82, 2.24) is 0 Å². The summed E-state index contributed by atoms with van der Waals surface area (Å²) in [5, 5.41) is 0. The smallest absolute Gasteiger partial charge is 0.248 e. The summed E-state index contributed by atoms with van der Waals surface area (Å²) in [5.74, 6) is 0.325. The van der Waals surface area contributed by atoms with Gasteiger partial charge in [0.1, 0.15) is 12.4 Å². The lowest BCUT2D eigenvalue weighted by atomic mass is 10.0. The van der Waals surface area contributed by atoms with Crippen molar-refractivity contribution in [2.24, 2.45) is 5.73 Å². The van der Waals surface area contributed by atoms with Crippen LogP contribution in [0.3, 0.4) is 0 Å². The quantitative estimate of drug-likeness (QED) is 0.690. The van der Waals surface area contributed by atoms with Crippen LogP contribution in [0.5, 0.6) is 5.75 Å². The maximum Gasteiger partial charge on any atom is 0.248 e. The Morgan fingerprint density at radius 2 is 1.71 bits per heavy atom. The van der Waals surface area contributed by atoms with E-state index < -0.39 is 5.91 Å². The number of ether oxygens (including phenoxy) is 1. The van der Waals surface area contributed by atoms with Crippen molar-refractivity contribution < 1.29 is 9.53 Å². The van der Waals surface area contributed by atoms with E-state index in [1.165, 1.54) is 0 Å². The SMILES string of the molecule is NC(=O)c1cc(Br)cc(-c2cccc(OCc3ccccc3)c2)c1. The molecule has 24 heavy (non-hydrogen) atoms. The first-order chi connectivity index (χ1) is 11.6. The van der Waals surface area contributed by atoms with Crippen molar-refractivity contribution in [3.8, 4) is 16.9 Å².